The predicted molar refractivity (Wildman–Crippen MR) is 111 cm³/mol. The zero-order chi connectivity index (χ0) is 20.8. The summed E-state index contributed by atoms with van der Waals surface area (Å²) >= 11 is 0. The quantitative estimate of drug-likeness (QED) is 0.657. The lowest BCUT2D eigenvalue weighted by atomic mass is 10.1. The third-order valence-electron chi connectivity index (χ3n) is 4.96. The van der Waals surface area contributed by atoms with Gasteiger partial charge in [0.25, 0.3) is 0 Å². The van der Waals surface area contributed by atoms with Gasteiger partial charge in [-0.05, 0) is 35.4 Å². The molecule has 3 heterocycles. The van der Waals surface area contributed by atoms with Gasteiger partial charge >= 0.3 is 0 Å². The van der Waals surface area contributed by atoms with Crippen LogP contribution in [0.2, 0.25) is 0 Å². The molecule has 7 nitrogen and oxygen atoms in total. The Morgan fingerprint density at radius 3 is 2.63 bits per heavy atom. The number of amides is 2. The maximum absolute atomic E-state index is 12.8. The van der Waals surface area contributed by atoms with Crippen molar-refractivity contribution in [1.82, 2.24) is 14.9 Å². The van der Waals surface area contributed by atoms with Crippen LogP contribution in [0, 0.1) is 5.92 Å². The summed E-state index contributed by atoms with van der Waals surface area (Å²) in [5, 5.41) is 2.83. The Hall–Kier alpha value is -3.74. The van der Waals surface area contributed by atoms with Crippen molar-refractivity contribution in [3.63, 3.8) is 0 Å². The molecule has 152 valence electrons. The van der Waals surface area contributed by atoms with Crippen LogP contribution in [-0.2, 0) is 22.7 Å². The number of nitrogens with zero attached hydrogens (tertiary/aromatic N) is 3. The number of carbonyl (C=O) groups is 2. The molecule has 1 saturated heterocycles. The average molecular weight is 402 g/mol. The highest BCUT2D eigenvalue weighted by Gasteiger charge is 2.34. The second-order valence-electron chi connectivity index (χ2n) is 7.14. The molecule has 0 bridgehead atoms. The summed E-state index contributed by atoms with van der Waals surface area (Å²) in [5.74, 6) is 0.162. The van der Waals surface area contributed by atoms with Gasteiger partial charge in [-0.1, -0.05) is 30.3 Å². The van der Waals surface area contributed by atoms with Gasteiger partial charge in [0, 0.05) is 38.1 Å². The second-order valence-corrected chi connectivity index (χ2v) is 7.14. The summed E-state index contributed by atoms with van der Waals surface area (Å²) in [6, 6.07) is 17.0. The van der Waals surface area contributed by atoms with Crippen molar-refractivity contribution < 1.29 is 14.3 Å². The molecular weight excluding hydrogens is 380 g/mol. The molecule has 30 heavy (non-hydrogen) atoms. The summed E-state index contributed by atoms with van der Waals surface area (Å²) < 4.78 is 5.83. The van der Waals surface area contributed by atoms with Gasteiger partial charge in [-0.2, -0.15) is 0 Å². The minimum Gasteiger partial charge on any atom is -0.485 e. The Bertz CT molecular complexity index is 1010. The van der Waals surface area contributed by atoms with Crippen LogP contribution in [0.25, 0.3) is 0 Å². The van der Waals surface area contributed by atoms with E-state index in [0.29, 0.717) is 31.3 Å². The number of hydrogen-bond donors (Lipinski definition) is 1. The number of rotatable bonds is 7. The highest BCUT2D eigenvalue weighted by atomic mass is 16.5. The van der Waals surface area contributed by atoms with E-state index in [4.69, 9.17) is 4.74 Å². The van der Waals surface area contributed by atoms with Crippen LogP contribution in [0.1, 0.15) is 17.5 Å². The molecule has 1 N–H and O–H groups in total. The van der Waals surface area contributed by atoms with E-state index in [9.17, 15) is 9.59 Å². The van der Waals surface area contributed by atoms with Crippen molar-refractivity contribution in [3.8, 4) is 5.75 Å². The summed E-state index contributed by atoms with van der Waals surface area (Å²) in [5.41, 5.74) is 2.01. The van der Waals surface area contributed by atoms with Crippen LogP contribution in [-0.4, -0.2) is 33.2 Å². The van der Waals surface area contributed by atoms with Crippen LogP contribution in [0.5, 0.6) is 5.75 Å². The number of ether oxygens (including phenoxy) is 1. The van der Waals surface area contributed by atoms with Gasteiger partial charge in [-0.3, -0.25) is 14.6 Å². The van der Waals surface area contributed by atoms with E-state index in [0.717, 1.165) is 11.1 Å². The maximum Gasteiger partial charge on any atom is 0.231 e. The molecule has 0 spiro atoms. The lowest BCUT2D eigenvalue weighted by Gasteiger charge is -2.17. The predicted octanol–water partition coefficient (Wildman–Crippen LogP) is 3.04. The van der Waals surface area contributed by atoms with Gasteiger partial charge in [0.15, 0.2) is 11.6 Å². The number of anilines is 1. The van der Waals surface area contributed by atoms with Gasteiger partial charge in [-0.15, -0.1) is 0 Å². The summed E-state index contributed by atoms with van der Waals surface area (Å²) in [4.78, 5) is 35.1. The van der Waals surface area contributed by atoms with E-state index in [1.54, 1.807) is 35.6 Å². The lowest BCUT2D eigenvalue weighted by Crippen LogP contribution is -2.28. The molecule has 2 amide bonds. The number of nitrogens with one attached hydrogen (secondary N) is 1. The number of aromatic nitrogens is 2. The second kappa shape index (κ2) is 9.17. The molecule has 1 unspecified atom stereocenters. The van der Waals surface area contributed by atoms with Crippen molar-refractivity contribution in [2.45, 2.75) is 19.6 Å². The molecule has 0 saturated carbocycles. The van der Waals surface area contributed by atoms with Gasteiger partial charge < -0.3 is 15.0 Å². The molecule has 1 fully saturated rings. The first kappa shape index (κ1) is 19.6. The maximum atomic E-state index is 12.8. The third kappa shape index (κ3) is 4.81. The molecule has 1 aliphatic heterocycles. The topological polar surface area (TPSA) is 84.4 Å². The summed E-state index contributed by atoms with van der Waals surface area (Å²) in [6.45, 7) is 1.23. The van der Waals surface area contributed by atoms with E-state index in [2.05, 4.69) is 15.3 Å². The number of likely N-dealkylation sites (tertiary alicyclic amines) is 1. The first-order chi connectivity index (χ1) is 14.7. The standard InChI is InChI=1S/C23H22N4O3/c28-21-13-19(15-27(21)14-17-5-2-1-3-6-17)23(29)26-22-20(7-4-10-25-22)30-16-18-8-11-24-12-9-18/h1-12,19H,13-16H2,(H,25,26,29). The van der Waals surface area contributed by atoms with Crippen molar-refractivity contribution in [2.24, 2.45) is 5.92 Å². The fraction of sp³-hybridized carbons (Fsp3) is 0.217. The van der Waals surface area contributed by atoms with E-state index in [1.165, 1.54) is 0 Å². The third-order valence-corrected chi connectivity index (χ3v) is 4.96. The van der Waals surface area contributed by atoms with E-state index in [-0.39, 0.29) is 18.2 Å². The minimum atomic E-state index is -0.420. The SMILES string of the molecule is O=C(Nc1ncccc1OCc1ccncc1)C1CC(=O)N(Cc2ccccc2)C1. The van der Waals surface area contributed by atoms with Gasteiger partial charge in [-0.25, -0.2) is 4.98 Å². The molecule has 4 rings (SSSR count). The smallest absolute Gasteiger partial charge is 0.231 e. The van der Waals surface area contributed by atoms with E-state index < -0.39 is 5.92 Å². The largest absolute Gasteiger partial charge is 0.485 e. The Morgan fingerprint density at radius 1 is 1.03 bits per heavy atom. The van der Waals surface area contributed by atoms with Crippen LogP contribution < -0.4 is 10.1 Å². The van der Waals surface area contributed by atoms with Gasteiger partial charge in [0.05, 0.1) is 5.92 Å². The zero-order valence-electron chi connectivity index (χ0n) is 16.4. The number of benzene rings is 1. The normalized spacial score (nSPS) is 15.8. The first-order valence-corrected chi connectivity index (χ1v) is 9.78. The molecule has 0 aliphatic carbocycles. The summed E-state index contributed by atoms with van der Waals surface area (Å²) in [7, 11) is 0. The highest BCUT2D eigenvalue weighted by Crippen LogP contribution is 2.25. The molecule has 3 aromatic rings. The molecule has 1 aliphatic rings. The van der Waals surface area contributed by atoms with Crippen molar-refractivity contribution in [2.75, 3.05) is 11.9 Å². The van der Waals surface area contributed by atoms with Crippen molar-refractivity contribution in [1.29, 1.82) is 0 Å². The van der Waals surface area contributed by atoms with Crippen molar-refractivity contribution >= 4 is 17.6 Å². The first-order valence-electron chi connectivity index (χ1n) is 9.78. The molecule has 7 heteroatoms. The van der Waals surface area contributed by atoms with Gasteiger partial charge in [0.1, 0.15) is 6.61 Å². The highest BCUT2D eigenvalue weighted by molar-refractivity contribution is 5.97. The summed E-state index contributed by atoms with van der Waals surface area (Å²) in [6.07, 6.45) is 5.18. The van der Waals surface area contributed by atoms with Crippen LogP contribution in [0.3, 0.4) is 0 Å². The molecule has 0 radical (unpaired) electrons. The molecule has 2 aromatic heterocycles. The Balaban J connectivity index is 1.37. The number of hydrogen-bond acceptors (Lipinski definition) is 5. The molecular formula is C23H22N4O3. The number of carbonyl (C=O) groups excluding carboxylic acids is 2. The van der Waals surface area contributed by atoms with E-state index >= 15 is 0 Å². The fourth-order valence-electron chi connectivity index (χ4n) is 3.36. The minimum absolute atomic E-state index is 0.0193. The van der Waals surface area contributed by atoms with Gasteiger partial charge in [0.2, 0.25) is 11.8 Å². The van der Waals surface area contributed by atoms with Crippen LogP contribution >= 0.6 is 0 Å². The monoisotopic (exact) mass is 402 g/mol. The number of pyridine rings is 2. The molecule has 1 aromatic carbocycles. The lowest BCUT2D eigenvalue weighted by molar-refractivity contribution is -0.128. The Kier molecular flexibility index (Phi) is 5.98. The average Bonchev–Trinajstić information content (AvgIpc) is 3.15. The fourth-order valence-corrected chi connectivity index (χ4v) is 3.36. The van der Waals surface area contributed by atoms with Crippen LogP contribution in [0.15, 0.2) is 73.2 Å². The molecule has 1 atom stereocenters. The Morgan fingerprint density at radius 2 is 1.83 bits per heavy atom. The van der Waals surface area contributed by atoms with Crippen molar-refractivity contribution in [3.05, 3.63) is 84.3 Å². The van der Waals surface area contributed by atoms with E-state index in [1.807, 2.05) is 42.5 Å². The zero-order valence-corrected chi connectivity index (χ0v) is 16.4. The van der Waals surface area contributed by atoms with Crippen LogP contribution in [0.4, 0.5) is 5.82 Å². The Labute approximate surface area is 174 Å².